The van der Waals surface area contributed by atoms with Crippen LogP contribution in [0.2, 0.25) is 20.3 Å². The van der Waals surface area contributed by atoms with Crippen LogP contribution in [-0.2, 0) is 15.6 Å². The van der Waals surface area contributed by atoms with Gasteiger partial charge in [-0.2, -0.15) is 0 Å². The second kappa shape index (κ2) is 10.6. The molecule has 0 N–H and O–H groups in total. The summed E-state index contributed by atoms with van der Waals surface area (Å²) in [5.74, 6) is -1.42. The molecule has 2 unspecified atom stereocenters. The summed E-state index contributed by atoms with van der Waals surface area (Å²) in [7, 11) is 16.3. The molecule has 0 aromatic heterocycles. The molecule has 0 bridgehead atoms. The summed E-state index contributed by atoms with van der Waals surface area (Å²) in [6.07, 6.45) is 14.1. The third-order valence-electron chi connectivity index (χ3n) is 7.76. The van der Waals surface area contributed by atoms with E-state index in [0.717, 1.165) is 25.7 Å². The molecule has 179 valence electrons. The second-order valence-electron chi connectivity index (χ2n) is 10.3. The van der Waals surface area contributed by atoms with E-state index in [1.165, 1.54) is 33.4 Å². The molecule has 0 radical (unpaired) electrons. The van der Waals surface area contributed by atoms with E-state index in [-0.39, 0.29) is 7.25 Å². The fourth-order valence-electron chi connectivity index (χ4n) is 5.84. The van der Waals surface area contributed by atoms with E-state index in [1.807, 2.05) is 0 Å². The van der Waals surface area contributed by atoms with Gasteiger partial charge in [0.2, 0.25) is 0 Å². The number of allylic oxidation sites excluding steroid dienone is 8. The molecule has 0 saturated carbocycles. The van der Waals surface area contributed by atoms with E-state index in [2.05, 4.69) is 112 Å². The molecule has 0 saturated heterocycles. The normalized spacial score (nSPS) is 21.6. The molecule has 2 aliphatic rings. The first-order valence-corrected chi connectivity index (χ1v) is 29.1. The number of rotatable bonds is 9. The Hall–Kier alpha value is -0.920. The minimum atomic E-state index is -4.41. The molecular formula is C30H37Cl2SiZr. The fourth-order valence-corrected chi connectivity index (χ4v) is 34.3. The predicted octanol–water partition coefficient (Wildman–Crippen LogP) is 10.2. The molecule has 0 heterocycles. The first-order chi connectivity index (χ1) is 16.3. The van der Waals surface area contributed by atoms with Crippen LogP contribution >= 0.6 is 17.0 Å². The maximum absolute atomic E-state index is 8.17. The fraction of sp³-hybridized carbons (Fsp3) is 0.333. The van der Waals surface area contributed by atoms with Crippen LogP contribution in [0.15, 0.2) is 96.1 Å². The van der Waals surface area contributed by atoms with Gasteiger partial charge in [-0.05, 0) is 0 Å². The Bertz CT molecular complexity index is 1060. The predicted molar refractivity (Wildman–Crippen MR) is 153 cm³/mol. The van der Waals surface area contributed by atoms with Crippen molar-refractivity contribution in [1.82, 2.24) is 0 Å². The molecule has 4 rings (SSSR count). The van der Waals surface area contributed by atoms with Crippen molar-refractivity contribution in [3.63, 3.8) is 0 Å². The Balaban J connectivity index is 1.86. The van der Waals surface area contributed by atoms with Crippen molar-refractivity contribution in [2.45, 2.75) is 59.9 Å². The molecule has 0 fully saturated rings. The minimum absolute atomic E-state index is 0.211. The summed E-state index contributed by atoms with van der Waals surface area (Å²) in [6.45, 7) is 9.37. The average molecular weight is 588 g/mol. The van der Waals surface area contributed by atoms with Gasteiger partial charge in [-0.1, -0.05) is 0 Å². The molecule has 0 spiro atoms. The summed E-state index contributed by atoms with van der Waals surface area (Å²) in [5.41, 5.74) is 8.08. The van der Waals surface area contributed by atoms with Crippen molar-refractivity contribution in [2.75, 3.05) is 0 Å². The molecular weight excluding hydrogens is 551 g/mol. The van der Waals surface area contributed by atoms with Crippen LogP contribution in [0.5, 0.6) is 0 Å². The summed E-state index contributed by atoms with van der Waals surface area (Å²) < 4.78 is 0.423. The van der Waals surface area contributed by atoms with Crippen LogP contribution in [0.1, 0.15) is 50.7 Å². The monoisotopic (exact) mass is 585 g/mol. The number of benzene rings is 2. The van der Waals surface area contributed by atoms with Gasteiger partial charge < -0.3 is 0 Å². The summed E-state index contributed by atoms with van der Waals surface area (Å²) in [5, 5.41) is 0. The van der Waals surface area contributed by atoms with Crippen molar-refractivity contribution in [1.29, 1.82) is 0 Å². The van der Waals surface area contributed by atoms with Crippen molar-refractivity contribution < 1.29 is 15.6 Å². The number of hydrogen-bond donors (Lipinski definition) is 0. The van der Waals surface area contributed by atoms with Crippen LogP contribution in [0, 0.1) is 0 Å². The van der Waals surface area contributed by atoms with Crippen LogP contribution in [0.4, 0.5) is 0 Å². The topological polar surface area (TPSA) is 0 Å². The van der Waals surface area contributed by atoms with Gasteiger partial charge in [0.05, 0.1) is 0 Å². The molecule has 0 aliphatic heterocycles. The maximum atomic E-state index is 8.17. The Morgan fingerprint density at radius 1 is 0.676 bits per heavy atom. The van der Waals surface area contributed by atoms with Gasteiger partial charge >= 0.3 is 217 Å². The van der Waals surface area contributed by atoms with Gasteiger partial charge in [0.15, 0.2) is 0 Å². The van der Waals surface area contributed by atoms with Gasteiger partial charge in [0.1, 0.15) is 0 Å². The van der Waals surface area contributed by atoms with E-state index in [4.69, 9.17) is 17.0 Å². The van der Waals surface area contributed by atoms with E-state index in [0.29, 0.717) is 0 Å². The van der Waals surface area contributed by atoms with Crippen molar-refractivity contribution >= 4 is 34.1 Å². The Morgan fingerprint density at radius 2 is 1.06 bits per heavy atom. The second-order valence-corrected chi connectivity index (χ2v) is 53.0. The van der Waals surface area contributed by atoms with Gasteiger partial charge in [-0.3, -0.25) is 0 Å². The first-order valence-electron chi connectivity index (χ1n) is 12.8. The average Bonchev–Trinajstić information content (AvgIpc) is 3.47. The standard InChI is InChI=1S/2C14H15.C2H7Si.2ClH.Zr/c2*1-2-6-12-9-10-14(11-12)13-7-4-3-5-8-13;1-3-2;;;/h2*3-5,7-11H,2,6H2,1H3;3H,1-2H3;2*1H;/q;;;;;+2/p-2. The van der Waals surface area contributed by atoms with E-state index in [1.54, 1.807) is 0 Å². The first kappa shape index (κ1) is 26.2. The third-order valence-corrected chi connectivity index (χ3v) is 60.0. The van der Waals surface area contributed by atoms with Crippen LogP contribution in [0.25, 0.3) is 11.1 Å². The van der Waals surface area contributed by atoms with Gasteiger partial charge in [-0.15, -0.1) is 0 Å². The van der Waals surface area contributed by atoms with Gasteiger partial charge in [0.25, 0.3) is 0 Å². The molecule has 0 amide bonds. The van der Waals surface area contributed by atoms with E-state index >= 15 is 0 Å². The zero-order chi connectivity index (χ0) is 24.4. The Morgan fingerprint density at radius 3 is 1.38 bits per heavy atom. The van der Waals surface area contributed by atoms with Crippen molar-refractivity contribution in [3.8, 4) is 0 Å². The summed E-state index contributed by atoms with van der Waals surface area (Å²) in [6, 6.07) is 21.5. The van der Waals surface area contributed by atoms with Gasteiger partial charge in [-0.25, -0.2) is 0 Å². The molecule has 34 heavy (non-hydrogen) atoms. The Labute approximate surface area is 215 Å². The molecule has 2 aliphatic carbocycles. The Kier molecular flexibility index (Phi) is 8.15. The number of hydrogen-bond acceptors (Lipinski definition) is 0. The van der Waals surface area contributed by atoms with E-state index < -0.39 is 21.5 Å². The van der Waals surface area contributed by atoms with Crippen molar-refractivity contribution in [2.24, 2.45) is 0 Å². The zero-order valence-corrected chi connectivity index (χ0v) is 26.0. The molecule has 0 nitrogen and oxygen atoms in total. The van der Waals surface area contributed by atoms with Gasteiger partial charge in [0, 0.05) is 0 Å². The van der Waals surface area contributed by atoms with Crippen molar-refractivity contribution in [3.05, 3.63) is 107 Å². The van der Waals surface area contributed by atoms with Crippen LogP contribution < -0.4 is 0 Å². The SMILES string of the molecule is CCCC1=CC(c2ccccc2)=C[CH]1[Zr]([Cl])([Cl])([CH]1C=C(c2ccccc2)C=C1CCC)[SiH](C)C. The quantitative estimate of drug-likeness (QED) is 0.256. The molecule has 4 heteroatoms. The summed E-state index contributed by atoms with van der Waals surface area (Å²) in [4.78, 5) is 0. The molecule has 2 atom stereocenters. The van der Waals surface area contributed by atoms with Crippen LogP contribution in [-0.4, -0.2) is 5.92 Å². The number of halogens is 2. The molecule has 2 aromatic rings. The molecule has 2 aromatic carbocycles. The van der Waals surface area contributed by atoms with Crippen LogP contribution in [0.3, 0.4) is 0 Å². The summed E-state index contributed by atoms with van der Waals surface area (Å²) >= 11 is -4.41. The van der Waals surface area contributed by atoms with E-state index in [9.17, 15) is 0 Å². The third kappa shape index (κ3) is 4.73. The zero-order valence-electron chi connectivity index (χ0n) is 20.9.